The zero-order valence-corrected chi connectivity index (χ0v) is 14.4. The number of aryl methyl sites for hydroxylation is 1. The van der Waals surface area contributed by atoms with E-state index in [9.17, 15) is 0 Å². The maximum atomic E-state index is 3.79. The molecule has 0 spiro atoms. The SMILES string of the molecule is C=Cc1ccc(CCCCCCCCC[N+](C)(C)C)cc1. The van der Waals surface area contributed by atoms with E-state index >= 15 is 0 Å². The number of benzene rings is 1. The van der Waals surface area contributed by atoms with Crippen LogP contribution in [0.3, 0.4) is 0 Å². The summed E-state index contributed by atoms with van der Waals surface area (Å²) in [4.78, 5) is 0. The van der Waals surface area contributed by atoms with Crippen molar-refractivity contribution in [1.82, 2.24) is 0 Å². The molecule has 0 aliphatic heterocycles. The number of hydrogen-bond acceptors (Lipinski definition) is 0. The molecule has 0 unspecified atom stereocenters. The van der Waals surface area contributed by atoms with Crippen LogP contribution in [0.1, 0.15) is 56.1 Å². The van der Waals surface area contributed by atoms with Crippen molar-refractivity contribution in [1.29, 1.82) is 0 Å². The minimum Gasteiger partial charge on any atom is -0.331 e. The third-order valence-electron chi connectivity index (χ3n) is 4.01. The average molecular weight is 288 g/mol. The summed E-state index contributed by atoms with van der Waals surface area (Å²) in [6, 6.07) is 8.80. The largest absolute Gasteiger partial charge is 0.331 e. The van der Waals surface area contributed by atoms with Crippen molar-refractivity contribution in [3.8, 4) is 0 Å². The van der Waals surface area contributed by atoms with Crippen LogP contribution >= 0.6 is 0 Å². The van der Waals surface area contributed by atoms with Crippen LogP contribution < -0.4 is 0 Å². The van der Waals surface area contributed by atoms with E-state index in [-0.39, 0.29) is 0 Å². The average Bonchev–Trinajstić information content (AvgIpc) is 2.45. The second-order valence-electron chi connectivity index (χ2n) is 7.18. The van der Waals surface area contributed by atoms with Crippen LogP contribution in [0.25, 0.3) is 6.08 Å². The smallest absolute Gasteiger partial charge is 0.0780 e. The summed E-state index contributed by atoms with van der Waals surface area (Å²) in [6.07, 6.45) is 12.8. The molecular weight excluding hydrogens is 254 g/mol. The van der Waals surface area contributed by atoms with E-state index in [4.69, 9.17) is 0 Å². The molecule has 0 saturated heterocycles. The fraction of sp³-hybridized carbons (Fsp3) is 0.600. The van der Waals surface area contributed by atoms with Gasteiger partial charge in [-0.15, -0.1) is 0 Å². The molecule has 1 heteroatoms. The van der Waals surface area contributed by atoms with E-state index in [1.165, 1.54) is 69.0 Å². The quantitative estimate of drug-likeness (QED) is 0.382. The number of rotatable bonds is 11. The highest BCUT2D eigenvalue weighted by atomic mass is 15.3. The maximum absolute atomic E-state index is 3.79. The zero-order chi connectivity index (χ0) is 15.6. The van der Waals surface area contributed by atoms with Crippen LogP contribution in [0.5, 0.6) is 0 Å². The zero-order valence-electron chi connectivity index (χ0n) is 14.4. The van der Waals surface area contributed by atoms with Crippen molar-refractivity contribution in [2.45, 2.75) is 51.4 Å². The second-order valence-corrected chi connectivity index (χ2v) is 7.18. The molecule has 1 aromatic carbocycles. The molecule has 0 saturated carbocycles. The van der Waals surface area contributed by atoms with Gasteiger partial charge in [0.1, 0.15) is 0 Å². The first-order valence-corrected chi connectivity index (χ1v) is 8.53. The number of unbranched alkanes of at least 4 members (excludes halogenated alkanes) is 6. The van der Waals surface area contributed by atoms with Crippen molar-refractivity contribution in [3.63, 3.8) is 0 Å². The summed E-state index contributed by atoms with van der Waals surface area (Å²) in [5.74, 6) is 0. The summed E-state index contributed by atoms with van der Waals surface area (Å²) < 4.78 is 1.10. The predicted octanol–water partition coefficient (Wildman–Crippen LogP) is 5.31. The Morgan fingerprint density at radius 1 is 0.810 bits per heavy atom. The minimum absolute atomic E-state index is 1.10. The van der Waals surface area contributed by atoms with Gasteiger partial charge >= 0.3 is 0 Å². The molecule has 1 rings (SSSR count). The molecule has 118 valence electrons. The van der Waals surface area contributed by atoms with Gasteiger partial charge in [0.05, 0.1) is 27.7 Å². The second kappa shape index (κ2) is 9.78. The first kappa shape index (κ1) is 18.0. The van der Waals surface area contributed by atoms with Gasteiger partial charge in [0.25, 0.3) is 0 Å². The lowest BCUT2D eigenvalue weighted by atomic mass is 10.0. The highest BCUT2D eigenvalue weighted by molar-refractivity contribution is 5.47. The fourth-order valence-electron chi connectivity index (χ4n) is 2.62. The summed E-state index contributed by atoms with van der Waals surface area (Å²) >= 11 is 0. The van der Waals surface area contributed by atoms with Gasteiger partial charge in [-0.3, -0.25) is 0 Å². The molecule has 0 aliphatic rings. The Bertz CT molecular complexity index is 383. The van der Waals surface area contributed by atoms with Crippen LogP contribution in [0.4, 0.5) is 0 Å². The molecule has 0 heterocycles. The van der Waals surface area contributed by atoms with E-state index in [0.29, 0.717) is 0 Å². The van der Waals surface area contributed by atoms with Crippen molar-refractivity contribution < 1.29 is 4.48 Å². The van der Waals surface area contributed by atoms with Crippen molar-refractivity contribution >= 4 is 6.08 Å². The lowest BCUT2D eigenvalue weighted by Crippen LogP contribution is -2.35. The number of hydrogen-bond donors (Lipinski definition) is 0. The van der Waals surface area contributed by atoms with E-state index in [0.717, 1.165) is 4.48 Å². The van der Waals surface area contributed by atoms with Crippen molar-refractivity contribution in [3.05, 3.63) is 42.0 Å². The Balaban J connectivity index is 1.96. The molecule has 1 aromatic rings. The van der Waals surface area contributed by atoms with Gasteiger partial charge in [0.15, 0.2) is 0 Å². The Kier molecular flexibility index (Phi) is 8.37. The third-order valence-corrected chi connectivity index (χ3v) is 4.01. The molecule has 1 nitrogen and oxygen atoms in total. The first-order chi connectivity index (χ1) is 10.0. The van der Waals surface area contributed by atoms with Gasteiger partial charge in [0, 0.05) is 0 Å². The van der Waals surface area contributed by atoms with E-state index in [1.54, 1.807) is 0 Å². The van der Waals surface area contributed by atoms with Crippen LogP contribution in [0, 0.1) is 0 Å². The minimum atomic E-state index is 1.10. The van der Waals surface area contributed by atoms with Crippen LogP contribution in [-0.4, -0.2) is 32.2 Å². The van der Waals surface area contributed by atoms with E-state index in [2.05, 4.69) is 52.0 Å². The lowest BCUT2D eigenvalue weighted by molar-refractivity contribution is -0.870. The summed E-state index contributed by atoms with van der Waals surface area (Å²) in [5, 5.41) is 0. The first-order valence-electron chi connectivity index (χ1n) is 8.53. The molecule has 21 heavy (non-hydrogen) atoms. The highest BCUT2D eigenvalue weighted by Gasteiger charge is 2.04. The van der Waals surface area contributed by atoms with E-state index < -0.39 is 0 Å². The monoisotopic (exact) mass is 288 g/mol. The number of nitrogens with zero attached hydrogens (tertiary/aromatic N) is 1. The van der Waals surface area contributed by atoms with Gasteiger partial charge < -0.3 is 4.48 Å². The summed E-state index contributed by atoms with van der Waals surface area (Å²) in [5.41, 5.74) is 2.68. The number of quaternary nitrogens is 1. The maximum Gasteiger partial charge on any atom is 0.0780 e. The molecule has 0 fully saturated rings. The van der Waals surface area contributed by atoms with Crippen molar-refractivity contribution in [2.24, 2.45) is 0 Å². The topological polar surface area (TPSA) is 0 Å². The molecule has 0 aliphatic carbocycles. The van der Waals surface area contributed by atoms with Gasteiger partial charge in [-0.05, 0) is 36.8 Å². The third kappa shape index (κ3) is 9.47. The van der Waals surface area contributed by atoms with Crippen LogP contribution in [0.15, 0.2) is 30.8 Å². The van der Waals surface area contributed by atoms with Gasteiger partial charge in [-0.2, -0.15) is 0 Å². The van der Waals surface area contributed by atoms with Gasteiger partial charge in [-0.1, -0.05) is 62.6 Å². The van der Waals surface area contributed by atoms with Gasteiger partial charge in [0.2, 0.25) is 0 Å². The summed E-state index contributed by atoms with van der Waals surface area (Å²) in [7, 11) is 6.84. The standard InChI is InChI=1S/C20H34N/c1-5-19-14-16-20(17-15-19)13-11-9-7-6-8-10-12-18-21(2,3)4/h5,14-17H,1,6-13,18H2,2-4H3/q+1. The molecule has 0 atom stereocenters. The molecular formula is C20H34N+. The van der Waals surface area contributed by atoms with Crippen molar-refractivity contribution in [2.75, 3.05) is 27.7 Å². The predicted molar refractivity (Wildman–Crippen MR) is 95.5 cm³/mol. The summed E-state index contributed by atoms with van der Waals surface area (Å²) in [6.45, 7) is 5.10. The lowest BCUT2D eigenvalue weighted by Gasteiger charge is -2.23. The van der Waals surface area contributed by atoms with Crippen LogP contribution in [-0.2, 0) is 6.42 Å². The molecule has 0 radical (unpaired) electrons. The molecule has 0 N–H and O–H groups in total. The Hall–Kier alpha value is -1.08. The van der Waals surface area contributed by atoms with Crippen LogP contribution in [0.2, 0.25) is 0 Å². The molecule has 0 bridgehead atoms. The van der Waals surface area contributed by atoms with Gasteiger partial charge in [-0.25, -0.2) is 0 Å². The Morgan fingerprint density at radius 3 is 1.86 bits per heavy atom. The van der Waals surface area contributed by atoms with E-state index in [1.807, 2.05) is 6.08 Å². The Labute approximate surface area is 132 Å². The Morgan fingerprint density at radius 2 is 1.33 bits per heavy atom. The normalized spacial score (nSPS) is 11.6. The fourth-order valence-corrected chi connectivity index (χ4v) is 2.62. The molecule has 0 aromatic heterocycles. The molecule has 0 amide bonds. The highest BCUT2D eigenvalue weighted by Crippen LogP contribution is 2.12.